The minimum absolute atomic E-state index is 0.298. The molecular weight excluding hydrogens is 516 g/mol. The highest BCUT2D eigenvalue weighted by molar-refractivity contribution is 5.96. The lowest BCUT2D eigenvalue weighted by molar-refractivity contribution is 0.413. The number of hydrogen-bond acceptors (Lipinski definition) is 4. The molecule has 0 atom stereocenters. The summed E-state index contributed by atoms with van der Waals surface area (Å²) in [5.41, 5.74) is 8.27. The zero-order chi connectivity index (χ0) is 28.8. The first-order chi connectivity index (χ1) is 20.5. The van der Waals surface area contributed by atoms with Crippen molar-refractivity contribution in [3.05, 3.63) is 132 Å². The maximum Gasteiger partial charge on any atom is 0.178 e. The molecule has 0 bridgehead atoms. The smallest absolute Gasteiger partial charge is 0.178 e. The van der Waals surface area contributed by atoms with Gasteiger partial charge in [0.25, 0.3) is 0 Å². The van der Waals surface area contributed by atoms with Crippen molar-refractivity contribution in [1.29, 1.82) is 0 Å². The molecule has 0 unspecified atom stereocenters. The highest BCUT2D eigenvalue weighted by atomic mass is 16.5. The third kappa shape index (κ3) is 4.15. The van der Waals surface area contributed by atoms with Gasteiger partial charge in [0.2, 0.25) is 0 Å². The number of furan rings is 1. The van der Waals surface area contributed by atoms with Crippen molar-refractivity contribution >= 4 is 23.1 Å². The van der Waals surface area contributed by atoms with Gasteiger partial charge < -0.3 is 9.15 Å². The Morgan fingerprint density at radius 2 is 1.40 bits per heavy atom. The van der Waals surface area contributed by atoms with Crippen LogP contribution < -0.4 is 4.74 Å². The van der Waals surface area contributed by atoms with E-state index >= 15 is 0 Å². The highest BCUT2D eigenvalue weighted by Crippen LogP contribution is 2.52. The third-order valence-electron chi connectivity index (χ3n) is 8.07. The summed E-state index contributed by atoms with van der Waals surface area (Å²) in [4.78, 5) is 9.96. The van der Waals surface area contributed by atoms with Crippen LogP contribution >= 0.6 is 0 Å². The molecule has 2 aromatic heterocycles. The Hall–Kier alpha value is -5.22. The van der Waals surface area contributed by atoms with Gasteiger partial charge in [-0.1, -0.05) is 111 Å². The Bertz CT molecular complexity index is 1940. The van der Waals surface area contributed by atoms with Crippen molar-refractivity contribution in [3.8, 4) is 45.4 Å². The molecule has 0 saturated heterocycles. The van der Waals surface area contributed by atoms with Gasteiger partial charge in [0, 0.05) is 44.2 Å². The van der Waals surface area contributed by atoms with E-state index in [9.17, 15) is 0 Å². The molecule has 4 aromatic carbocycles. The Morgan fingerprint density at radius 3 is 2.10 bits per heavy atom. The predicted octanol–water partition coefficient (Wildman–Crippen LogP) is 10.3. The maximum atomic E-state index is 6.71. The fourth-order valence-electron chi connectivity index (χ4n) is 5.86. The van der Waals surface area contributed by atoms with E-state index in [1.165, 1.54) is 0 Å². The number of aromatic nitrogens is 2. The summed E-state index contributed by atoms with van der Waals surface area (Å²) >= 11 is 0. The molecule has 0 spiro atoms. The number of fused-ring (bicyclic) bond motifs is 4. The van der Waals surface area contributed by atoms with Gasteiger partial charge in [0.15, 0.2) is 17.2 Å². The monoisotopic (exact) mass is 546 g/mol. The Kier molecular flexibility index (Phi) is 6.13. The summed E-state index contributed by atoms with van der Waals surface area (Å²) in [5, 5.41) is 0.989. The van der Waals surface area contributed by atoms with Gasteiger partial charge in [-0.2, -0.15) is 0 Å². The predicted molar refractivity (Wildman–Crippen MR) is 172 cm³/mol. The molecule has 3 heterocycles. The van der Waals surface area contributed by atoms with E-state index in [0.29, 0.717) is 5.82 Å². The standard InChI is InChI=1S/C38H30N2O2/c1-5-13-33-27(6-2)28-19-21-30-36(35(28)41-33)42-34-22-26(18-20-29(34)38(30,3)4)32-23-31(24-14-9-7-10-15-24)39-37(40-32)25-16-11-8-12-17-25/h5-23H,2H2,1,3-4H3/b13-5-. The van der Waals surface area contributed by atoms with Crippen LogP contribution in [0.5, 0.6) is 11.5 Å². The Balaban J connectivity index is 1.39. The molecule has 42 heavy (non-hydrogen) atoms. The Labute approximate surface area is 245 Å². The lowest BCUT2D eigenvalue weighted by Gasteiger charge is -2.34. The van der Waals surface area contributed by atoms with Crippen LogP contribution in [0.4, 0.5) is 0 Å². The van der Waals surface area contributed by atoms with E-state index in [1.807, 2.05) is 73.7 Å². The number of rotatable bonds is 5. The first-order valence-corrected chi connectivity index (χ1v) is 14.2. The summed E-state index contributed by atoms with van der Waals surface area (Å²) in [6, 6.07) is 33.0. The molecule has 0 N–H and O–H groups in total. The van der Waals surface area contributed by atoms with Gasteiger partial charge in [-0.05, 0) is 31.2 Å². The van der Waals surface area contributed by atoms with E-state index in [1.54, 1.807) is 0 Å². The molecule has 0 fully saturated rings. The lowest BCUT2D eigenvalue weighted by Crippen LogP contribution is -2.24. The molecule has 1 aliphatic rings. The minimum atomic E-state index is -0.298. The second-order valence-corrected chi connectivity index (χ2v) is 11.0. The molecule has 204 valence electrons. The van der Waals surface area contributed by atoms with Crippen molar-refractivity contribution in [2.45, 2.75) is 26.2 Å². The van der Waals surface area contributed by atoms with Crippen LogP contribution in [0.3, 0.4) is 0 Å². The van der Waals surface area contributed by atoms with Crippen LogP contribution in [-0.2, 0) is 5.41 Å². The Morgan fingerprint density at radius 1 is 0.738 bits per heavy atom. The van der Waals surface area contributed by atoms with Gasteiger partial charge in [0.05, 0.1) is 11.4 Å². The highest BCUT2D eigenvalue weighted by Gasteiger charge is 2.36. The molecule has 4 heteroatoms. The minimum Gasteiger partial charge on any atom is -0.453 e. The molecule has 7 rings (SSSR count). The van der Waals surface area contributed by atoms with Gasteiger partial charge in [-0.15, -0.1) is 0 Å². The van der Waals surface area contributed by atoms with Crippen LogP contribution in [0.2, 0.25) is 0 Å². The van der Waals surface area contributed by atoms with E-state index in [-0.39, 0.29) is 5.41 Å². The molecule has 0 amide bonds. The normalized spacial score (nSPS) is 13.5. The van der Waals surface area contributed by atoms with E-state index in [0.717, 1.165) is 73.0 Å². The van der Waals surface area contributed by atoms with Crippen LogP contribution in [0.1, 0.15) is 43.2 Å². The van der Waals surface area contributed by atoms with Crippen LogP contribution in [0.25, 0.3) is 57.0 Å². The largest absolute Gasteiger partial charge is 0.453 e. The van der Waals surface area contributed by atoms with Crippen molar-refractivity contribution in [2.24, 2.45) is 0 Å². The zero-order valence-electron chi connectivity index (χ0n) is 23.9. The van der Waals surface area contributed by atoms with Crippen molar-refractivity contribution in [2.75, 3.05) is 0 Å². The summed E-state index contributed by atoms with van der Waals surface area (Å²) in [5.74, 6) is 3.00. The molecule has 0 saturated carbocycles. The van der Waals surface area contributed by atoms with E-state index in [4.69, 9.17) is 19.1 Å². The first kappa shape index (κ1) is 25.7. The second-order valence-electron chi connectivity index (χ2n) is 11.0. The first-order valence-electron chi connectivity index (χ1n) is 14.2. The average Bonchev–Trinajstić information content (AvgIpc) is 3.39. The SMILES string of the molecule is C=Cc1c(/C=C\C)oc2c3c(ccc12)C(C)(C)c1ccc(-c2cc(-c4ccccc4)nc(-c4ccccc4)n2)cc1O3. The molecule has 6 aromatic rings. The summed E-state index contributed by atoms with van der Waals surface area (Å²) in [7, 11) is 0. The van der Waals surface area contributed by atoms with Gasteiger partial charge in [-0.25, -0.2) is 9.97 Å². The van der Waals surface area contributed by atoms with Crippen LogP contribution in [0.15, 0.2) is 114 Å². The summed E-state index contributed by atoms with van der Waals surface area (Å²) in [6.45, 7) is 10.5. The quantitative estimate of drug-likeness (QED) is 0.216. The molecule has 1 aliphatic heterocycles. The topological polar surface area (TPSA) is 48.2 Å². The maximum absolute atomic E-state index is 6.71. The lowest BCUT2D eigenvalue weighted by atomic mass is 9.75. The number of ether oxygens (including phenoxy) is 1. The van der Waals surface area contributed by atoms with Crippen LogP contribution in [-0.4, -0.2) is 9.97 Å². The number of allylic oxidation sites excluding steroid dienone is 1. The number of nitrogens with zero attached hydrogens (tertiary/aromatic N) is 2. The number of benzene rings is 4. The van der Waals surface area contributed by atoms with Crippen molar-refractivity contribution in [1.82, 2.24) is 9.97 Å². The molecular formula is C38H30N2O2. The zero-order valence-corrected chi connectivity index (χ0v) is 23.9. The van der Waals surface area contributed by atoms with Gasteiger partial charge in [0.1, 0.15) is 11.5 Å². The summed E-state index contributed by atoms with van der Waals surface area (Å²) < 4.78 is 13.1. The third-order valence-corrected chi connectivity index (χ3v) is 8.07. The fraction of sp³-hybridized carbons (Fsp3) is 0.105. The molecule has 0 radical (unpaired) electrons. The summed E-state index contributed by atoms with van der Waals surface area (Å²) in [6.07, 6.45) is 5.78. The van der Waals surface area contributed by atoms with Crippen molar-refractivity contribution < 1.29 is 9.15 Å². The van der Waals surface area contributed by atoms with Crippen LogP contribution in [0, 0.1) is 0 Å². The van der Waals surface area contributed by atoms with Crippen molar-refractivity contribution in [3.63, 3.8) is 0 Å². The number of hydrogen-bond donors (Lipinski definition) is 0. The average molecular weight is 547 g/mol. The molecule has 4 nitrogen and oxygen atoms in total. The molecule has 0 aliphatic carbocycles. The second kappa shape index (κ2) is 10.0. The van der Waals surface area contributed by atoms with Gasteiger partial charge in [-0.3, -0.25) is 0 Å². The fourth-order valence-corrected chi connectivity index (χ4v) is 5.86. The van der Waals surface area contributed by atoms with E-state index in [2.05, 4.69) is 69.0 Å². The van der Waals surface area contributed by atoms with Gasteiger partial charge >= 0.3 is 0 Å². The van der Waals surface area contributed by atoms with E-state index < -0.39 is 0 Å².